The highest BCUT2D eigenvalue weighted by Crippen LogP contribution is 2.38. The number of sulfonamides is 1. The Morgan fingerprint density at radius 2 is 1.70 bits per heavy atom. The molecule has 7 nitrogen and oxygen atoms in total. The summed E-state index contributed by atoms with van der Waals surface area (Å²) in [5.74, 6) is -1.02. The molecule has 1 aliphatic carbocycles. The molecule has 1 aliphatic heterocycles. The van der Waals surface area contributed by atoms with Crippen LogP contribution in [0, 0.1) is 6.92 Å². The maximum atomic E-state index is 14.0. The number of thiazole rings is 1. The number of amides is 2. The van der Waals surface area contributed by atoms with Gasteiger partial charge in [0.2, 0.25) is 15.9 Å². The van der Waals surface area contributed by atoms with Gasteiger partial charge < -0.3 is 0 Å². The van der Waals surface area contributed by atoms with Gasteiger partial charge in [-0.05, 0) is 79.9 Å². The van der Waals surface area contributed by atoms with Crippen molar-refractivity contribution in [3.05, 3.63) is 76.3 Å². The van der Waals surface area contributed by atoms with Crippen molar-refractivity contribution in [2.24, 2.45) is 0 Å². The first-order valence-electron chi connectivity index (χ1n) is 13.0. The number of fused-ring (bicyclic) bond motifs is 1. The Bertz CT molecular complexity index is 1750. The summed E-state index contributed by atoms with van der Waals surface area (Å²) in [5, 5.41) is 1.07. The van der Waals surface area contributed by atoms with E-state index in [9.17, 15) is 18.0 Å². The second kappa shape index (κ2) is 10.5. The molecule has 2 fully saturated rings. The first-order chi connectivity index (χ1) is 19.1. The Hall–Kier alpha value is -2.82. The van der Waals surface area contributed by atoms with Gasteiger partial charge in [0.25, 0.3) is 5.91 Å². The normalized spacial score (nSPS) is 18.5. The third-order valence-electron chi connectivity index (χ3n) is 7.48. The largest absolute Gasteiger partial charge is 0.274 e. The lowest BCUT2D eigenvalue weighted by molar-refractivity contribution is -0.122. The van der Waals surface area contributed by atoms with Crippen LogP contribution in [0.5, 0.6) is 0 Å². The molecule has 1 unspecified atom stereocenters. The summed E-state index contributed by atoms with van der Waals surface area (Å²) in [6, 6.07) is 15.8. The zero-order chi connectivity index (χ0) is 28.2. The lowest BCUT2D eigenvalue weighted by Crippen LogP contribution is -2.49. The molecule has 1 aromatic heterocycles. The summed E-state index contributed by atoms with van der Waals surface area (Å²) in [4.78, 5) is 32.6. The number of carbonyl (C=O) groups excluding carboxylic acids is 2. The minimum Gasteiger partial charge on any atom is -0.274 e. The van der Waals surface area contributed by atoms with Crippen molar-refractivity contribution in [3.8, 4) is 10.6 Å². The highest BCUT2D eigenvalue weighted by molar-refractivity contribution is 7.89. The number of aryl methyl sites for hydroxylation is 1. The lowest BCUT2D eigenvalue weighted by atomic mass is 10.1. The molecular formula is C29H25Cl2N3O4S2. The van der Waals surface area contributed by atoms with Gasteiger partial charge in [0.1, 0.15) is 15.9 Å². The number of rotatable bonds is 6. The van der Waals surface area contributed by atoms with Gasteiger partial charge in [0.15, 0.2) is 0 Å². The molecule has 2 amide bonds. The molecule has 1 atom stereocenters. The average molecular weight is 615 g/mol. The van der Waals surface area contributed by atoms with Crippen LogP contribution in [0.1, 0.15) is 37.7 Å². The number of hydrogen-bond acceptors (Lipinski definition) is 6. The number of carbonyl (C=O) groups is 2. The van der Waals surface area contributed by atoms with Gasteiger partial charge in [-0.1, -0.05) is 42.1 Å². The van der Waals surface area contributed by atoms with Crippen molar-refractivity contribution in [2.45, 2.75) is 56.0 Å². The van der Waals surface area contributed by atoms with Crippen LogP contribution in [-0.2, 0) is 19.6 Å². The van der Waals surface area contributed by atoms with Gasteiger partial charge in [0.05, 0.1) is 27.3 Å². The standard InChI is InChI=1S/C29H25Cl2N3O4S2/c1-17-6-13-23-25(14-17)39-28(32-23)18-7-10-20(11-8-18)33-27(35)16-24(29(33)36)34(21-4-2-3-5-21)40(37,38)26-15-19(30)9-12-22(26)31/h6-15,21,24H,2-5,16H2,1H3. The highest BCUT2D eigenvalue weighted by atomic mass is 35.5. The third-order valence-corrected chi connectivity index (χ3v) is 11.2. The van der Waals surface area contributed by atoms with E-state index in [1.54, 1.807) is 23.5 Å². The molecule has 6 rings (SSSR count). The highest BCUT2D eigenvalue weighted by Gasteiger charge is 2.50. The van der Waals surface area contributed by atoms with Crippen LogP contribution in [0.25, 0.3) is 20.8 Å². The molecule has 4 aromatic rings. The van der Waals surface area contributed by atoms with Crippen LogP contribution >= 0.6 is 34.5 Å². The smallest absolute Gasteiger partial charge is 0.252 e. The first kappa shape index (κ1) is 27.4. The minimum atomic E-state index is -4.23. The number of nitrogens with zero attached hydrogens (tertiary/aromatic N) is 3. The molecule has 11 heteroatoms. The van der Waals surface area contributed by atoms with Crippen molar-refractivity contribution in [1.82, 2.24) is 9.29 Å². The second-order valence-electron chi connectivity index (χ2n) is 10.2. The fourth-order valence-electron chi connectivity index (χ4n) is 5.56. The van der Waals surface area contributed by atoms with Crippen molar-refractivity contribution >= 4 is 72.3 Å². The predicted octanol–water partition coefficient (Wildman–Crippen LogP) is 6.84. The van der Waals surface area contributed by atoms with Crippen LogP contribution in [0.4, 0.5) is 5.69 Å². The summed E-state index contributed by atoms with van der Waals surface area (Å²) >= 11 is 14.0. The number of anilines is 1. The van der Waals surface area contributed by atoms with Crippen LogP contribution in [0.2, 0.25) is 10.0 Å². The van der Waals surface area contributed by atoms with E-state index < -0.39 is 33.9 Å². The maximum Gasteiger partial charge on any atom is 0.252 e. The SMILES string of the molecule is Cc1ccc2nc(-c3ccc(N4C(=O)CC(N(C5CCCC5)S(=O)(=O)c5cc(Cl)ccc5Cl)C4=O)cc3)sc2c1. The van der Waals surface area contributed by atoms with E-state index in [-0.39, 0.29) is 21.4 Å². The predicted molar refractivity (Wildman–Crippen MR) is 158 cm³/mol. The first-order valence-corrected chi connectivity index (χ1v) is 16.0. The summed E-state index contributed by atoms with van der Waals surface area (Å²) in [6.07, 6.45) is 2.64. The topological polar surface area (TPSA) is 87.7 Å². The molecule has 206 valence electrons. The number of halogens is 2. The Morgan fingerprint density at radius 1 is 0.975 bits per heavy atom. The van der Waals surface area contributed by atoms with E-state index in [1.807, 2.05) is 31.2 Å². The Kier molecular flexibility index (Phi) is 7.21. The minimum absolute atomic E-state index is 0.0154. The number of benzene rings is 3. The van der Waals surface area contributed by atoms with Crippen molar-refractivity contribution in [2.75, 3.05) is 4.90 Å². The van der Waals surface area contributed by atoms with E-state index in [0.29, 0.717) is 18.5 Å². The fraction of sp³-hybridized carbons (Fsp3) is 0.276. The molecule has 0 N–H and O–H groups in total. The van der Waals surface area contributed by atoms with E-state index in [4.69, 9.17) is 28.2 Å². The van der Waals surface area contributed by atoms with E-state index in [0.717, 1.165) is 44.1 Å². The maximum absolute atomic E-state index is 14.0. The van der Waals surface area contributed by atoms with Gasteiger partial charge in [-0.15, -0.1) is 11.3 Å². The fourth-order valence-corrected chi connectivity index (χ4v) is 9.20. The van der Waals surface area contributed by atoms with Crippen LogP contribution in [-0.4, -0.2) is 41.6 Å². The van der Waals surface area contributed by atoms with Gasteiger partial charge in [-0.25, -0.2) is 18.3 Å². The summed E-state index contributed by atoms with van der Waals surface area (Å²) in [5.41, 5.74) is 3.33. The zero-order valence-corrected chi connectivity index (χ0v) is 24.7. The quantitative estimate of drug-likeness (QED) is 0.222. The van der Waals surface area contributed by atoms with Crippen LogP contribution < -0.4 is 4.90 Å². The van der Waals surface area contributed by atoms with Gasteiger partial charge >= 0.3 is 0 Å². The molecule has 0 bridgehead atoms. The van der Waals surface area contributed by atoms with Crippen molar-refractivity contribution in [3.63, 3.8) is 0 Å². The lowest BCUT2D eigenvalue weighted by Gasteiger charge is -2.32. The summed E-state index contributed by atoms with van der Waals surface area (Å²) in [6.45, 7) is 2.04. The average Bonchev–Trinajstić information content (AvgIpc) is 3.65. The van der Waals surface area contributed by atoms with Gasteiger partial charge in [-0.3, -0.25) is 9.59 Å². The number of imide groups is 1. The zero-order valence-electron chi connectivity index (χ0n) is 21.5. The van der Waals surface area contributed by atoms with E-state index in [1.165, 1.54) is 22.5 Å². The molecular weight excluding hydrogens is 589 g/mol. The Balaban J connectivity index is 1.32. The van der Waals surface area contributed by atoms with Gasteiger partial charge in [0, 0.05) is 16.6 Å². The molecule has 3 aromatic carbocycles. The molecule has 1 saturated carbocycles. The third kappa shape index (κ3) is 4.84. The molecule has 2 heterocycles. The van der Waals surface area contributed by atoms with Crippen molar-refractivity contribution in [1.29, 1.82) is 0 Å². The van der Waals surface area contributed by atoms with Gasteiger partial charge in [-0.2, -0.15) is 4.31 Å². The van der Waals surface area contributed by atoms with E-state index >= 15 is 0 Å². The van der Waals surface area contributed by atoms with Crippen LogP contribution in [0.15, 0.2) is 65.6 Å². The van der Waals surface area contributed by atoms with Crippen molar-refractivity contribution < 1.29 is 18.0 Å². The molecule has 1 saturated heterocycles. The van der Waals surface area contributed by atoms with Crippen LogP contribution in [0.3, 0.4) is 0 Å². The molecule has 0 radical (unpaired) electrons. The summed E-state index contributed by atoms with van der Waals surface area (Å²) in [7, 11) is -4.23. The monoisotopic (exact) mass is 613 g/mol. The Labute approximate surface area is 246 Å². The molecule has 2 aliphatic rings. The number of hydrogen-bond donors (Lipinski definition) is 0. The molecule has 40 heavy (non-hydrogen) atoms. The summed E-state index contributed by atoms with van der Waals surface area (Å²) < 4.78 is 30.2. The molecule has 0 spiro atoms. The second-order valence-corrected chi connectivity index (χ2v) is 13.9. The number of aromatic nitrogens is 1. The Morgan fingerprint density at radius 3 is 2.42 bits per heavy atom. The van der Waals surface area contributed by atoms with E-state index in [2.05, 4.69) is 6.07 Å².